The number of aromatic hydroxyl groups is 1. The van der Waals surface area contributed by atoms with Crippen LogP contribution in [0.5, 0.6) is 5.75 Å². The molecule has 0 unspecified atom stereocenters. The van der Waals surface area contributed by atoms with Crippen LogP contribution in [-0.2, 0) is 0 Å². The lowest BCUT2D eigenvalue weighted by molar-refractivity contribution is 0.0824. The lowest BCUT2D eigenvalue weighted by Gasteiger charge is -2.13. The minimum absolute atomic E-state index is 0.0659. The van der Waals surface area contributed by atoms with Crippen molar-refractivity contribution in [1.82, 2.24) is 4.90 Å². The molecule has 0 saturated carbocycles. The predicted octanol–water partition coefficient (Wildman–Crippen LogP) is 3.04. The molecule has 1 amide bonds. The highest BCUT2D eigenvalue weighted by atomic mass is 19.1. The van der Waals surface area contributed by atoms with Gasteiger partial charge in [-0.3, -0.25) is 4.79 Å². The summed E-state index contributed by atoms with van der Waals surface area (Å²) in [5.74, 6) is -1.98. The second-order valence-electron chi connectivity index (χ2n) is 4.56. The number of hydrogen-bond donors (Lipinski definition) is 1. The summed E-state index contributed by atoms with van der Waals surface area (Å²) < 4.78 is 26.6. The summed E-state index contributed by atoms with van der Waals surface area (Å²) in [6.07, 6.45) is 0. The third-order valence-electron chi connectivity index (χ3n) is 2.88. The molecule has 1 N–H and O–H groups in total. The first kappa shape index (κ1) is 14.0. The van der Waals surface area contributed by atoms with Gasteiger partial charge in [0.2, 0.25) is 0 Å². The van der Waals surface area contributed by atoms with Gasteiger partial charge in [-0.05, 0) is 29.8 Å². The third-order valence-corrected chi connectivity index (χ3v) is 2.88. The molecule has 0 saturated heterocycles. The van der Waals surface area contributed by atoms with Crippen LogP contribution in [0.2, 0.25) is 0 Å². The van der Waals surface area contributed by atoms with Gasteiger partial charge >= 0.3 is 0 Å². The number of rotatable bonds is 2. The number of carbonyl (C=O) groups excluding carboxylic acids is 1. The van der Waals surface area contributed by atoms with Crippen LogP contribution in [0.3, 0.4) is 0 Å². The Balaban J connectivity index is 2.54. The summed E-state index contributed by atoms with van der Waals surface area (Å²) in [6, 6.07) is 7.37. The van der Waals surface area contributed by atoms with Gasteiger partial charge in [-0.2, -0.15) is 0 Å². The van der Waals surface area contributed by atoms with Crippen LogP contribution >= 0.6 is 0 Å². The van der Waals surface area contributed by atoms with E-state index in [0.29, 0.717) is 5.56 Å². The van der Waals surface area contributed by atoms with Gasteiger partial charge in [-0.1, -0.05) is 6.07 Å². The smallest absolute Gasteiger partial charge is 0.257 e. The molecule has 0 aliphatic rings. The second-order valence-corrected chi connectivity index (χ2v) is 4.56. The standard InChI is InChI=1S/C15H13F2NO2/c1-18(2)15(20)12-7-9(3-6-14(12)19)11-5-4-10(16)8-13(11)17/h3-8,19H,1-2H3. The van der Waals surface area contributed by atoms with Crippen molar-refractivity contribution in [1.29, 1.82) is 0 Å². The molecule has 104 valence electrons. The van der Waals surface area contributed by atoms with Crippen molar-refractivity contribution < 1.29 is 18.7 Å². The van der Waals surface area contributed by atoms with Crippen LogP contribution < -0.4 is 0 Å². The molecule has 0 radical (unpaired) electrons. The van der Waals surface area contributed by atoms with Gasteiger partial charge in [0.1, 0.15) is 17.4 Å². The van der Waals surface area contributed by atoms with Crippen LogP contribution in [0.4, 0.5) is 8.78 Å². The Morgan fingerprint density at radius 2 is 1.80 bits per heavy atom. The Morgan fingerprint density at radius 3 is 2.40 bits per heavy atom. The minimum atomic E-state index is -0.723. The molecule has 2 aromatic rings. The van der Waals surface area contributed by atoms with E-state index in [0.717, 1.165) is 12.1 Å². The fourth-order valence-corrected chi connectivity index (χ4v) is 1.84. The molecule has 0 spiro atoms. The van der Waals surface area contributed by atoms with Gasteiger partial charge in [-0.15, -0.1) is 0 Å². The van der Waals surface area contributed by atoms with Crippen molar-refractivity contribution in [3.8, 4) is 16.9 Å². The average Bonchev–Trinajstić information content (AvgIpc) is 2.39. The Hall–Kier alpha value is -2.43. The SMILES string of the molecule is CN(C)C(=O)c1cc(-c2ccc(F)cc2F)ccc1O. The number of halogens is 2. The molecule has 2 aromatic carbocycles. The summed E-state index contributed by atoms with van der Waals surface area (Å²) in [5.41, 5.74) is 0.626. The van der Waals surface area contributed by atoms with E-state index in [-0.39, 0.29) is 16.9 Å². The van der Waals surface area contributed by atoms with E-state index in [1.54, 1.807) is 14.1 Å². The minimum Gasteiger partial charge on any atom is -0.507 e. The van der Waals surface area contributed by atoms with Crippen molar-refractivity contribution >= 4 is 5.91 Å². The molecule has 0 heterocycles. The number of benzene rings is 2. The zero-order valence-corrected chi connectivity index (χ0v) is 11.0. The van der Waals surface area contributed by atoms with Gasteiger partial charge in [0.05, 0.1) is 5.56 Å². The first-order valence-corrected chi connectivity index (χ1v) is 5.90. The molecular weight excluding hydrogens is 264 g/mol. The Kier molecular flexibility index (Phi) is 3.70. The zero-order chi connectivity index (χ0) is 14.9. The molecule has 0 fully saturated rings. The fourth-order valence-electron chi connectivity index (χ4n) is 1.84. The van der Waals surface area contributed by atoms with E-state index < -0.39 is 17.5 Å². The summed E-state index contributed by atoms with van der Waals surface area (Å²) >= 11 is 0. The van der Waals surface area contributed by atoms with E-state index in [9.17, 15) is 18.7 Å². The lowest BCUT2D eigenvalue weighted by atomic mass is 10.0. The van der Waals surface area contributed by atoms with Gasteiger partial charge < -0.3 is 10.0 Å². The quantitative estimate of drug-likeness (QED) is 0.916. The van der Waals surface area contributed by atoms with Crippen molar-refractivity contribution in [3.63, 3.8) is 0 Å². The molecule has 0 aliphatic carbocycles. The van der Waals surface area contributed by atoms with Gasteiger partial charge in [0.15, 0.2) is 0 Å². The Bertz CT molecular complexity index is 669. The highest BCUT2D eigenvalue weighted by Gasteiger charge is 2.15. The van der Waals surface area contributed by atoms with Crippen molar-refractivity contribution in [2.45, 2.75) is 0 Å². The monoisotopic (exact) mass is 277 g/mol. The van der Waals surface area contributed by atoms with Crippen LogP contribution in [0, 0.1) is 11.6 Å². The summed E-state index contributed by atoms with van der Waals surface area (Å²) in [7, 11) is 3.10. The molecule has 0 aliphatic heterocycles. The molecule has 2 rings (SSSR count). The molecule has 0 bridgehead atoms. The fraction of sp³-hybridized carbons (Fsp3) is 0.133. The third kappa shape index (κ3) is 2.61. The lowest BCUT2D eigenvalue weighted by Crippen LogP contribution is -2.21. The molecule has 0 atom stereocenters. The van der Waals surface area contributed by atoms with Crippen molar-refractivity contribution in [2.75, 3.05) is 14.1 Å². The Morgan fingerprint density at radius 1 is 1.10 bits per heavy atom. The number of hydrogen-bond acceptors (Lipinski definition) is 2. The van der Waals surface area contributed by atoms with Crippen molar-refractivity contribution in [2.24, 2.45) is 0 Å². The summed E-state index contributed by atoms with van der Waals surface area (Å²) in [5, 5.41) is 9.71. The van der Waals surface area contributed by atoms with E-state index in [2.05, 4.69) is 0 Å². The maximum atomic E-state index is 13.7. The van der Waals surface area contributed by atoms with E-state index in [1.165, 1.54) is 29.2 Å². The molecule has 5 heteroatoms. The maximum Gasteiger partial charge on any atom is 0.257 e. The predicted molar refractivity (Wildman–Crippen MR) is 71.5 cm³/mol. The maximum absolute atomic E-state index is 13.7. The first-order chi connectivity index (χ1) is 9.40. The number of amides is 1. The zero-order valence-electron chi connectivity index (χ0n) is 11.0. The number of carbonyl (C=O) groups is 1. The van der Waals surface area contributed by atoms with E-state index in [1.807, 2.05) is 0 Å². The molecule has 20 heavy (non-hydrogen) atoms. The van der Waals surface area contributed by atoms with Crippen LogP contribution in [0.15, 0.2) is 36.4 Å². The molecular formula is C15H13F2NO2. The highest BCUT2D eigenvalue weighted by Crippen LogP contribution is 2.28. The average molecular weight is 277 g/mol. The van der Waals surface area contributed by atoms with Gasteiger partial charge in [0.25, 0.3) is 5.91 Å². The second kappa shape index (κ2) is 5.28. The van der Waals surface area contributed by atoms with E-state index in [4.69, 9.17) is 0 Å². The number of nitrogens with zero attached hydrogens (tertiary/aromatic N) is 1. The van der Waals surface area contributed by atoms with E-state index >= 15 is 0 Å². The topological polar surface area (TPSA) is 40.5 Å². The summed E-state index contributed by atoms with van der Waals surface area (Å²) in [4.78, 5) is 13.2. The van der Waals surface area contributed by atoms with Crippen LogP contribution in [0.25, 0.3) is 11.1 Å². The molecule has 0 aromatic heterocycles. The van der Waals surface area contributed by atoms with Crippen LogP contribution in [-0.4, -0.2) is 30.0 Å². The number of phenols is 1. The summed E-state index contributed by atoms with van der Waals surface area (Å²) in [6.45, 7) is 0. The number of phenolic OH excluding ortho intramolecular Hbond substituents is 1. The first-order valence-electron chi connectivity index (χ1n) is 5.90. The normalized spacial score (nSPS) is 10.4. The van der Waals surface area contributed by atoms with Crippen molar-refractivity contribution in [3.05, 3.63) is 53.6 Å². The Labute approximate surface area is 115 Å². The van der Waals surface area contributed by atoms with Gasteiger partial charge in [-0.25, -0.2) is 8.78 Å². The largest absolute Gasteiger partial charge is 0.507 e. The molecule has 3 nitrogen and oxygen atoms in total. The highest BCUT2D eigenvalue weighted by molar-refractivity contribution is 5.97. The van der Waals surface area contributed by atoms with Gasteiger partial charge in [0, 0.05) is 25.7 Å². The van der Waals surface area contributed by atoms with Crippen LogP contribution in [0.1, 0.15) is 10.4 Å².